The van der Waals surface area contributed by atoms with Crippen LogP contribution in [0.15, 0.2) is 35.4 Å². The molecule has 0 aliphatic carbocycles. The molecular weight excluding hydrogens is 249 g/mol. The van der Waals surface area contributed by atoms with Crippen LogP contribution < -0.4 is 5.73 Å². The van der Waals surface area contributed by atoms with E-state index in [9.17, 15) is 4.39 Å². The summed E-state index contributed by atoms with van der Waals surface area (Å²) in [7, 11) is 1.88. The van der Waals surface area contributed by atoms with Crippen LogP contribution in [0.5, 0.6) is 0 Å². The lowest BCUT2D eigenvalue weighted by Gasteiger charge is -2.15. The van der Waals surface area contributed by atoms with Gasteiger partial charge in [0.05, 0.1) is 16.0 Å². The van der Waals surface area contributed by atoms with Crippen LogP contribution in [0.25, 0.3) is 0 Å². The fraction of sp³-hybridized carbons (Fsp3) is 0.308. The molecule has 0 aliphatic heterocycles. The lowest BCUT2D eigenvalue weighted by molar-refractivity contribution is 0.607. The number of benzene rings is 1. The van der Waals surface area contributed by atoms with E-state index in [1.54, 1.807) is 16.8 Å². The van der Waals surface area contributed by atoms with Gasteiger partial charge in [0.25, 0.3) is 0 Å². The third kappa shape index (κ3) is 2.73. The SMILES string of the molecule is Cc1cc(SC(CN)c2ccccc2F)n(C)n1. The van der Waals surface area contributed by atoms with Crippen molar-refractivity contribution < 1.29 is 4.39 Å². The predicted molar refractivity (Wildman–Crippen MR) is 72.0 cm³/mol. The number of thioether (sulfide) groups is 1. The van der Waals surface area contributed by atoms with Crippen LogP contribution in [-0.2, 0) is 7.05 Å². The molecule has 2 N–H and O–H groups in total. The maximum Gasteiger partial charge on any atom is 0.127 e. The summed E-state index contributed by atoms with van der Waals surface area (Å²) in [5, 5.41) is 5.17. The van der Waals surface area contributed by atoms with Crippen LogP contribution in [0.2, 0.25) is 0 Å². The first-order chi connectivity index (χ1) is 8.61. The summed E-state index contributed by atoms with van der Waals surface area (Å²) in [6.45, 7) is 2.32. The molecular formula is C13H16FN3S. The molecule has 3 nitrogen and oxygen atoms in total. The van der Waals surface area contributed by atoms with Gasteiger partial charge in [0.1, 0.15) is 5.82 Å². The molecule has 1 aromatic heterocycles. The van der Waals surface area contributed by atoms with Gasteiger partial charge in [-0.15, -0.1) is 0 Å². The fourth-order valence-electron chi connectivity index (χ4n) is 1.82. The average molecular weight is 265 g/mol. The molecule has 0 fully saturated rings. The number of aromatic nitrogens is 2. The summed E-state index contributed by atoms with van der Waals surface area (Å²) in [6, 6.07) is 8.74. The lowest BCUT2D eigenvalue weighted by atomic mass is 10.1. The van der Waals surface area contributed by atoms with Gasteiger partial charge < -0.3 is 5.73 Å². The highest BCUT2D eigenvalue weighted by molar-refractivity contribution is 7.99. The molecule has 1 aromatic carbocycles. The highest BCUT2D eigenvalue weighted by Gasteiger charge is 2.17. The Balaban J connectivity index is 2.25. The van der Waals surface area contributed by atoms with Crippen LogP contribution >= 0.6 is 11.8 Å². The van der Waals surface area contributed by atoms with Gasteiger partial charge in [-0.25, -0.2) is 4.39 Å². The van der Waals surface area contributed by atoms with E-state index in [2.05, 4.69) is 5.10 Å². The van der Waals surface area contributed by atoms with Crippen LogP contribution in [0.3, 0.4) is 0 Å². The fourth-order valence-corrected chi connectivity index (χ4v) is 2.96. The molecule has 0 aliphatic rings. The van der Waals surface area contributed by atoms with Crippen LogP contribution in [0.1, 0.15) is 16.5 Å². The third-order valence-corrected chi connectivity index (χ3v) is 4.04. The topological polar surface area (TPSA) is 43.8 Å². The summed E-state index contributed by atoms with van der Waals surface area (Å²) < 4.78 is 15.5. The molecule has 5 heteroatoms. The number of hydrogen-bond acceptors (Lipinski definition) is 3. The summed E-state index contributed by atoms with van der Waals surface area (Å²) in [5.41, 5.74) is 7.35. The van der Waals surface area contributed by atoms with Gasteiger partial charge in [0.15, 0.2) is 0 Å². The molecule has 2 rings (SSSR count). The second-order valence-electron chi connectivity index (χ2n) is 4.11. The Hall–Kier alpha value is -1.33. The summed E-state index contributed by atoms with van der Waals surface area (Å²) in [4.78, 5) is 0. The molecule has 0 amide bonds. The van der Waals surface area contributed by atoms with E-state index in [1.165, 1.54) is 17.8 Å². The Labute approximate surface area is 110 Å². The van der Waals surface area contributed by atoms with Crippen molar-refractivity contribution in [1.29, 1.82) is 0 Å². The predicted octanol–water partition coefficient (Wildman–Crippen LogP) is 2.66. The van der Waals surface area contributed by atoms with Crippen molar-refractivity contribution in [1.82, 2.24) is 9.78 Å². The molecule has 2 aromatic rings. The first-order valence-electron chi connectivity index (χ1n) is 5.73. The van der Waals surface area contributed by atoms with Crippen molar-refractivity contribution in [2.24, 2.45) is 12.8 Å². The number of aryl methyl sites for hydroxylation is 2. The van der Waals surface area contributed by atoms with E-state index in [1.807, 2.05) is 26.1 Å². The van der Waals surface area contributed by atoms with Gasteiger partial charge in [-0.2, -0.15) is 5.10 Å². The van der Waals surface area contributed by atoms with Crippen molar-refractivity contribution in [2.75, 3.05) is 6.54 Å². The molecule has 1 heterocycles. The number of nitrogens with two attached hydrogens (primary N) is 1. The van der Waals surface area contributed by atoms with Crippen LogP contribution in [0.4, 0.5) is 4.39 Å². The second kappa shape index (κ2) is 5.54. The third-order valence-electron chi connectivity index (χ3n) is 2.69. The van der Waals surface area contributed by atoms with Gasteiger partial charge in [0, 0.05) is 19.2 Å². The zero-order valence-corrected chi connectivity index (χ0v) is 11.2. The van der Waals surface area contributed by atoms with Crippen LogP contribution in [0, 0.1) is 12.7 Å². The number of halogens is 1. The summed E-state index contributed by atoms with van der Waals surface area (Å²) >= 11 is 1.54. The van der Waals surface area contributed by atoms with E-state index in [-0.39, 0.29) is 11.1 Å². The molecule has 1 atom stereocenters. The molecule has 0 spiro atoms. The minimum Gasteiger partial charge on any atom is -0.329 e. The smallest absolute Gasteiger partial charge is 0.127 e. The normalized spacial score (nSPS) is 12.7. The van der Waals surface area contributed by atoms with Gasteiger partial charge in [0.2, 0.25) is 0 Å². The largest absolute Gasteiger partial charge is 0.329 e. The zero-order chi connectivity index (χ0) is 13.1. The van der Waals surface area contributed by atoms with Gasteiger partial charge in [-0.1, -0.05) is 30.0 Å². The number of rotatable bonds is 4. The Bertz CT molecular complexity index is 539. The van der Waals surface area contributed by atoms with Crippen molar-refractivity contribution in [2.45, 2.75) is 17.2 Å². The lowest BCUT2D eigenvalue weighted by Crippen LogP contribution is -2.11. The molecule has 0 saturated heterocycles. The molecule has 18 heavy (non-hydrogen) atoms. The van der Waals surface area contributed by atoms with E-state index in [0.29, 0.717) is 12.1 Å². The van der Waals surface area contributed by atoms with Crippen molar-refractivity contribution in [3.8, 4) is 0 Å². The van der Waals surface area contributed by atoms with Crippen molar-refractivity contribution in [3.05, 3.63) is 47.4 Å². The van der Waals surface area contributed by atoms with Crippen molar-refractivity contribution >= 4 is 11.8 Å². The first kappa shape index (κ1) is 13.1. The van der Waals surface area contributed by atoms with E-state index < -0.39 is 0 Å². The molecule has 1 unspecified atom stereocenters. The summed E-state index contributed by atoms with van der Waals surface area (Å²) in [6.07, 6.45) is 0. The quantitative estimate of drug-likeness (QED) is 0.864. The van der Waals surface area contributed by atoms with Crippen molar-refractivity contribution in [3.63, 3.8) is 0 Å². The van der Waals surface area contributed by atoms with Crippen LogP contribution in [-0.4, -0.2) is 16.3 Å². The maximum atomic E-state index is 13.7. The summed E-state index contributed by atoms with van der Waals surface area (Å²) in [5.74, 6) is -0.209. The Morgan fingerprint density at radius 1 is 1.44 bits per heavy atom. The Kier molecular flexibility index (Phi) is 4.04. The monoisotopic (exact) mass is 265 g/mol. The minimum absolute atomic E-state index is 0.0963. The molecule has 0 bridgehead atoms. The average Bonchev–Trinajstić information content (AvgIpc) is 2.66. The zero-order valence-electron chi connectivity index (χ0n) is 10.4. The first-order valence-corrected chi connectivity index (χ1v) is 6.61. The van der Waals surface area contributed by atoms with Gasteiger partial charge in [-0.05, 0) is 19.1 Å². The molecule has 96 valence electrons. The Morgan fingerprint density at radius 2 is 2.17 bits per heavy atom. The van der Waals surface area contributed by atoms with E-state index >= 15 is 0 Å². The van der Waals surface area contributed by atoms with Gasteiger partial charge >= 0.3 is 0 Å². The molecule has 0 radical (unpaired) electrons. The van der Waals surface area contributed by atoms with Gasteiger partial charge in [-0.3, -0.25) is 4.68 Å². The Morgan fingerprint density at radius 3 is 2.72 bits per heavy atom. The standard InChI is InChI=1S/C13H16FN3S/c1-9-7-13(17(2)16-9)18-12(8-15)10-5-3-4-6-11(10)14/h3-7,12H,8,15H2,1-2H3. The maximum absolute atomic E-state index is 13.7. The van der Waals surface area contributed by atoms with E-state index in [4.69, 9.17) is 5.73 Å². The number of nitrogens with zero attached hydrogens (tertiary/aromatic N) is 2. The second-order valence-corrected chi connectivity index (χ2v) is 5.33. The number of hydrogen-bond donors (Lipinski definition) is 1. The highest BCUT2D eigenvalue weighted by Crippen LogP contribution is 2.35. The van der Waals surface area contributed by atoms with E-state index in [0.717, 1.165) is 10.7 Å². The highest BCUT2D eigenvalue weighted by atomic mass is 32.2. The molecule has 0 saturated carbocycles. The minimum atomic E-state index is -0.209.